The Balaban J connectivity index is 1.88. The van der Waals surface area contributed by atoms with Crippen molar-refractivity contribution in [3.8, 4) is 11.3 Å². The van der Waals surface area contributed by atoms with Crippen molar-refractivity contribution < 1.29 is 18.9 Å². The summed E-state index contributed by atoms with van der Waals surface area (Å²) in [5.41, 5.74) is 7.14. The van der Waals surface area contributed by atoms with Crippen LogP contribution < -0.4 is 11.1 Å². The molecule has 3 rings (SSSR count). The molecular weight excluding hydrogens is 348 g/mol. The zero-order chi connectivity index (χ0) is 19.4. The van der Waals surface area contributed by atoms with E-state index >= 15 is 0 Å². The van der Waals surface area contributed by atoms with Crippen LogP contribution in [0.2, 0.25) is 0 Å². The van der Waals surface area contributed by atoms with E-state index in [1.54, 1.807) is 49.6 Å². The van der Waals surface area contributed by atoms with Gasteiger partial charge in [0.2, 0.25) is 5.78 Å². The number of amides is 2. The number of carbonyl (C=O) groups excluding carboxylic acids is 3. The fourth-order valence-electron chi connectivity index (χ4n) is 2.77. The minimum Gasteiger partial charge on any atom is -0.367 e. The normalized spacial score (nSPS) is 11.7. The lowest BCUT2D eigenvalue weighted by molar-refractivity contribution is -0.137. The first-order valence-electron chi connectivity index (χ1n) is 8.25. The topological polar surface area (TPSA) is 131 Å². The summed E-state index contributed by atoms with van der Waals surface area (Å²) in [5, 5.41) is 6.51. The molecule has 4 N–H and O–H groups in total. The number of nitrogens with zero attached hydrogens (tertiary/aromatic N) is 1. The average Bonchev–Trinajstić information content (AvgIpc) is 3.30. The van der Waals surface area contributed by atoms with E-state index in [9.17, 15) is 14.4 Å². The number of Topliss-reactive ketones (excluding diaryl/α,β-unsaturated/α-hetero) is 1. The summed E-state index contributed by atoms with van der Waals surface area (Å²) in [6, 6.07) is 9.67. The van der Waals surface area contributed by atoms with Crippen molar-refractivity contribution in [1.29, 1.82) is 0 Å². The third-order valence-corrected chi connectivity index (χ3v) is 4.11. The van der Waals surface area contributed by atoms with Crippen molar-refractivity contribution >= 4 is 17.6 Å². The second kappa shape index (κ2) is 7.69. The number of hydrogen-bond acceptors (Lipinski definition) is 5. The van der Waals surface area contributed by atoms with Crippen molar-refractivity contribution in [1.82, 2.24) is 15.5 Å². The minimum atomic E-state index is -1.11. The maximum Gasteiger partial charge on any atom is 0.287 e. The van der Waals surface area contributed by atoms with Gasteiger partial charge >= 0.3 is 0 Å². The highest BCUT2D eigenvalue weighted by Crippen LogP contribution is 2.25. The number of carbonyl (C=O) groups is 3. The molecule has 2 heterocycles. The molecule has 2 aromatic heterocycles. The number of ketones is 1. The van der Waals surface area contributed by atoms with Gasteiger partial charge in [-0.2, -0.15) is 0 Å². The molecule has 3 aromatic rings. The number of hydrogen-bond donors (Lipinski definition) is 3. The zero-order valence-electron chi connectivity index (χ0n) is 14.6. The molecule has 0 aliphatic carbocycles. The number of primary amides is 1. The molecule has 138 valence electrons. The van der Waals surface area contributed by atoms with Crippen LogP contribution in [-0.2, 0) is 16.0 Å². The lowest BCUT2D eigenvalue weighted by Crippen LogP contribution is -2.47. The van der Waals surface area contributed by atoms with E-state index in [-0.39, 0.29) is 12.0 Å². The fourth-order valence-corrected chi connectivity index (χ4v) is 2.77. The molecule has 0 spiro atoms. The molecule has 8 nitrogen and oxygen atoms in total. The molecule has 1 atom stereocenters. The van der Waals surface area contributed by atoms with Gasteiger partial charge in [0.15, 0.2) is 0 Å². The standard InChI is InChI=1S/C19H18N4O4/c1-11-15(16(23-27-11)13-7-8-21-10-13)19(26)22-14(17(24)18(20)25)9-12-5-3-2-4-6-12/h2-8,10,14,21H,9H2,1H3,(H2,20,25)(H,22,26). The van der Waals surface area contributed by atoms with Gasteiger partial charge in [-0.05, 0) is 18.6 Å². The Morgan fingerprint density at radius 3 is 2.59 bits per heavy atom. The van der Waals surface area contributed by atoms with Gasteiger partial charge in [-0.3, -0.25) is 14.4 Å². The molecule has 0 saturated carbocycles. The van der Waals surface area contributed by atoms with Crippen molar-refractivity contribution in [2.24, 2.45) is 5.73 Å². The predicted octanol–water partition coefficient (Wildman–Crippen LogP) is 1.37. The van der Waals surface area contributed by atoms with Crippen LogP contribution in [0.4, 0.5) is 0 Å². The molecule has 0 fully saturated rings. The van der Waals surface area contributed by atoms with Crippen molar-refractivity contribution in [2.45, 2.75) is 19.4 Å². The van der Waals surface area contributed by atoms with Gasteiger partial charge in [0.1, 0.15) is 23.1 Å². The maximum atomic E-state index is 12.8. The van der Waals surface area contributed by atoms with Gasteiger partial charge in [-0.25, -0.2) is 0 Å². The summed E-state index contributed by atoms with van der Waals surface area (Å²) >= 11 is 0. The maximum absolute atomic E-state index is 12.8. The lowest BCUT2D eigenvalue weighted by atomic mass is 10.0. The van der Waals surface area contributed by atoms with E-state index in [0.717, 1.165) is 5.56 Å². The number of nitrogens with two attached hydrogens (primary N) is 1. The van der Waals surface area contributed by atoms with Crippen LogP contribution in [-0.4, -0.2) is 33.8 Å². The molecule has 1 unspecified atom stereocenters. The first kappa shape index (κ1) is 18.1. The summed E-state index contributed by atoms with van der Waals surface area (Å²) in [7, 11) is 0. The van der Waals surface area contributed by atoms with E-state index in [4.69, 9.17) is 10.3 Å². The van der Waals surface area contributed by atoms with Crippen LogP contribution in [0.5, 0.6) is 0 Å². The van der Waals surface area contributed by atoms with Crippen LogP contribution in [0.15, 0.2) is 53.3 Å². The largest absolute Gasteiger partial charge is 0.367 e. The highest BCUT2D eigenvalue weighted by Gasteiger charge is 2.29. The van der Waals surface area contributed by atoms with Crippen molar-refractivity contribution in [3.63, 3.8) is 0 Å². The second-order valence-corrected chi connectivity index (χ2v) is 6.01. The molecule has 0 aliphatic rings. The number of H-pyrrole nitrogens is 1. The SMILES string of the molecule is Cc1onc(-c2cc[nH]c2)c1C(=O)NC(Cc1ccccc1)C(=O)C(N)=O. The van der Waals surface area contributed by atoms with Crippen LogP contribution in [0.1, 0.15) is 21.7 Å². The molecule has 0 saturated heterocycles. The lowest BCUT2D eigenvalue weighted by Gasteiger charge is -2.16. The number of rotatable bonds is 7. The highest BCUT2D eigenvalue weighted by atomic mass is 16.5. The molecule has 1 aromatic carbocycles. The summed E-state index contributed by atoms with van der Waals surface area (Å²) in [5.74, 6) is -2.25. The number of aromatic amines is 1. The Hall–Kier alpha value is -3.68. The Labute approximate surface area is 154 Å². The number of aromatic nitrogens is 2. The van der Waals surface area contributed by atoms with Crippen LogP contribution >= 0.6 is 0 Å². The Kier molecular flexibility index (Phi) is 5.16. The Morgan fingerprint density at radius 1 is 1.22 bits per heavy atom. The summed E-state index contributed by atoms with van der Waals surface area (Å²) in [6.07, 6.45) is 3.50. The van der Waals surface area contributed by atoms with Crippen LogP contribution in [0.3, 0.4) is 0 Å². The number of aryl methyl sites for hydroxylation is 1. The number of nitrogens with one attached hydrogen (secondary N) is 2. The first-order chi connectivity index (χ1) is 13.0. The highest BCUT2D eigenvalue weighted by molar-refractivity contribution is 6.38. The van der Waals surface area contributed by atoms with Gasteiger partial charge in [-0.15, -0.1) is 0 Å². The average molecular weight is 366 g/mol. The quantitative estimate of drug-likeness (QED) is 0.544. The first-order valence-corrected chi connectivity index (χ1v) is 8.25. The molecule has 8 heteroatoms. The second-order valence-electron chi connectivity index (χ2n) is 6.01. The van der Waals surface area contributed by atoms with Gasteiger partial charge in [0, 0.05) is 24.4 Å². The Bertz CT molecular complexity index is 961. The summed E-state index contributed by atoms with van der Waals surface area (Å²) in [6.45, 7) is 1.60. The summed E-state index contributed by atoms with van der Waals surface area (Å²) < 4.78 is 5.15. The van der Waals surface area contributed by atoms with Gasteiger partial charge in [0.25, 0.3) is 11.8 Å². The van der Waals surface area contributed by atoms with Crippen molar-refractivity contribution in [2.75, 3.05) is 0 Å². The molecule has 0 radical (unpaired) electrons. The predicted molar refractivity (Wildman–Crippen MR) is 96.6 cm³/mol. The summed E-state index contributed by atoms with van der Waals surface area (Å²) in [4.78, 5) is 39.3. The van der Waals surface area contributed by atoms with Crippen LogP contribution in [0.25, 0.3) is 11.3 Å². The zero-order valence-corrected chi connectivity index (χ0v) is 14.6. The smallest absolute Gasteiger partial charge is 0.287 e. The van der Waals surface area contributed by atoms with E-state index in [1.165, 1.54) is 0 Å². The van der Waals surface area contributed by atoms with E-state index in [0.29, 0.717) is 17.0 Å². The molecular formula is C19H18N4O4. The van der Waals surface area contributed by atoms with E-state index in [1.807, 2.05) is 6.07 Å². The monoisotopic (exact) mass is 366 g/mol. The minimum absolute atomic E-state index is 0.137. The van der Waals surface area contributed by atoms with E-state index < -0.39 is 23.6 Å². The molecule has 0 aliphatic heterocycles. The van der Waals surface area contributed by atoms with Crippen LogP contribution in [0, 0.1) is 6.92 Å². The Morgan fingerprint density at radius 2 is 1.96 bits per heavy atom. The molecule has 2 amide bonds. The fraction of sp³-hybridized carbons (Fsp3) is 0.158. The van der Waals surface area contributed by atoms with Crippen molar-refractivity contribution in [3.05, 3.63) is 65.7 Å². The molecule has 27 heavy (non-hydrogen) atoms. The van der Waals surface area contributed by atoms with Gasteiger partial charge in [0.05, 0.1) is 0 Å². The van der Waals surface area contributed by atoms with E-state index in [2.05, 4.69) is 15.5 Å². The third-order valence-electron chi connectivity index (χ3n) is 4.11. The van der Waals surface area contributed by atoms with Gasteiger partial charge < -0.3 is 20.6 Å². The number of benzene rings is 1. The molecule has 0 bridgehead atoms. The third kappa shape index (κ3) is 3.95. The van der Waals surface area contributed by atoms with Gasteiger partial charge in [-0.1, -0.05) is 35.5 Å².